The van der Waals surface area contributed by atoms with Gasteiger partial charge in [-0.05, 0) is 29.3 Å². The highest BCUT2D eigenvalue weighted by Crippen LogP contribution is 2.11. The van der Waals surface area contributed by atoms with Crippen molar-refractivity contribution in [2.24, 2.45) is 0 Å². The highest BCUT2D eigenvalue weighted by Gasteiger charge is 2.19. The molecule has 0 aliphatic carbocycles. The number of carbonyl (C=O) groups is 1. The molecular weight excluding hydrogens is 310 g/mol. The molecule has 1 aliphatic heterocycles. The van der Waals surface area contributed by atoms with Crippen LogP contribution in [0.2, 0.25) is 0 Å². The first kappa shape index (κ1) is 16.9. The molecule has 2 aromatic carbocycles. The van der Waals surface area contributed by atoms with E-state index in [1.807, 2.05) is 65.6 Å². The number of nitriles is 1. The van der Waals surface area contributed by atoms with E-state index in [4.69, 9.17) is 5.26 Å². The lowest BCUT2D eigenvalue weighted by Crippen LogP contribution is -2.47. The maximum absolute atomic E-state index is 12.3. The molecule has 0 radical (unpaired) electrons. The third-order valence-corrected chi connectivity index (χ3v) is 4.39. The van der Waals surface area contributed by atoms with Gasteiger partial charge in [-0.1, -0.05) is 42.5 Å². The van der Waals surface area contributed by atoms with E-state index in [1.165, 1.54) is 5.56 Å². The van der Waals surface area contributed by atoms with Crippen molar-refractivity contribution in [1.29, 1.82) is 5.26 Å². The van der Waals surface area contributed by atoms with Crippen LogP contribution < -0.4 is 0 Å². The summed E-state index contributed by atoms with van der Waals surface area (Å²) in [5.74, 6) is 0.0712. The molecule has 0 saturated carbocycles. The Labute approximate surface area is 148 Å². The number of amides is 1. The average molecular weight is 331 g/mol. The summed E-state index contributed by atoms with van der Waals surface area (Å²) in [6, 6.07) is 19.7. The Balaban J connectivity index is 1.48. The van der Waals surface area contributed by atoms with Crippen LogP contribution in [0.25, 0.3) is 6.08 Å². The van der Waals surface area contributed by atoms with Crippen molar-refractivity contribution in [3.63, 3.8) is 0 Å². The zero-order valence-electron chi connectivity index (χ0n) is 14.1. The molecule has 4 heteroatoms. The summed E-state index contributed by atoms with van der Waals surface area (Å²) in [6.07, 6.45) is 3.52. The highest BCUT2D eigenvalue weighted by molar-refractivity contribution is 5.91. The SMILES string of the molecule is N#Cc1ccc(CN2CCN(C(=O)/C=C/c3ccccc3)CC2)cc1. The van der Waals surface area contributed by atoms with Crippen LogP contribution in [0.4, 0.5) is 0 Å². The Kier molecular flexibility index (Phi) is 5.61. The third kappa shape index (κ3) is 4.79. The van der Waals surface area contributed by atoms with Crippen molar-refractivity contribution in [2.75, 3.05) is 26.2 Å². The minimum absolute atomic E-state index is 0.0712. The molecule has 1 fully saturated rings. The first-order chi connectivity index (χ1) is 12.2. The fraction of sp³-hybridized carbons (Fsp3) is 0.238. The van der Waals surface area contributed by atoms with E-state index in [1.54, 1.807) is 6.08 Å². The molecule has 0 N–H and O–H groups in total. The highest BCUT2D eigenvalue weighted by atomic mass is 16.2. The van der Waals surface area contributed by atoms with Crippen molar-refractivity contribution >= 4 is 12.0 Å². The van der Waals surface area contributed by atoms with Gasteiger partial charge in [0.15, 0.2) is 0 Å². The average Bonchev–Trinajstić information content (AvgIpc) is 2.68. The Morgan fingerprint density at radius 2 is 1.68 bits per heavy atom. The summed E-state index contributed by atoms with van der Waals surface area (Å²) in [4.78, 5) is 16.5. The molecule has 2 aromatic rings. The van der Waals surface area contributed by atoms with Gasteiger partial charge in [0.25, 0.3) is 0 Å². The minimum atomic E-state index is 0.0712. The van der Waals surface area contributed by atoms with Crippen LogP contribution in [-0.2, 0) is 11.3 Å². The second-order valence-electron chi connectivity index (χ2n) is 6.15. The van der Waals surface area contributed by atoms with Crippen LogP contribution in [0, 0.1) is 11.3 Å². The van der Waals surface area contributed by atoms with E-state index in [9.17, 15) is 4.79 Å². The summed E-state index contributed by atoms with van der Waals surface area (Å²) in [5, 5.41) is 8.84. The van der Waals surface area contributed by atoms with Crippen LogP contribution in [0.3, 0.4) is 0 Å². The van der Waals surface area contributed by atoms with Crippen molar-refractivity contribution in [1.82, 2.24) is 9.80 Å². The summed E-state index contributed by atoms with van der Waals surface area (Å²) in [7, 11) is 0. The smallest absolute Gasteiger partial charge is 0.246 e. The molecule has 1 amide bonds. The van der Waals surface area contributed by atoms with Gasteiger partial charge in [0.1, 0.15) is 0 Å². The molecule has 1 heterocycles. The normalized spacial score (nSPS) is 15.2. The molecule has 0 spiro atoms. The summed E-state index contributed by atoms with van der Waals surface area (Å²) < 4.78 is 0. The standard InChI is InChI=1S/C21H21N3O/c22-16-19-6-8-20(9-7-19)17-23-12-14-24(15-13-23)21(25)11-10-18-4-2-1-3-5-18/h1-11H,12-15,17H2/b11-10+. The van der Waals surface area contributed by atoms with Crippen molar-refractivity contribution in [3.05, 3.63) is 77.4 Å². The predicted octanol–water partition coefficient (Wildman–Crippen LogP) is 2.92. The quantitative estimate of drug-likeness (QED) is 0.809. The van der Waals surface area contributed by atoms with Crippen LogP contribution in [-0.4, -0.2) is 41.9 Å². The van der Waals surface area contributed by atoms with Crippen LogP contribution in [0.15, 0.2) is 60.7 Å². The van der Waals surface area contributed by atoms with Crippen LogP contribution >= 0.6 is 0 Å². The van der Waals surface area contributed by atoms with Crippen molar-refractivity contribution in [2.45, 2.75) is 6.54 Å². The molecule has 0 atom stereocenters. The molecule has 0 aromatic heterocycles. The van der Waals surface area contributed by atoms with E-state index in [0.29, 0.717) is 5.56 Å². The summed E-state index contributed by atoms with van der Waals surface area (Å²) in [5.41, 5.74) is 2.92. The molecule has 126 valence electrons. The number of hydrogen-bond donors (Lipinski definition) is 0. The zero-order chi connectivity index (χ0) is 17.5. The first-order valence-electron chi connectivity index (χ1n) is 8.48. The molecule has 4 nitrogen and oxygen atoms in total. The van der Waals surface area contributed by atoms with Gasteiger partial charge >= 0.3 is 0 Å². The van der Waals surface area contributed by atoms with Gasteiger partial charge in [0.2, 0.25) is 5.91 Å². The molecule has 0 bridgehead atoms. The second-order valence-corrected chi connectivity index (χ2v) is 6.15. The number of hydrogen-bond acceptors (Lipinski definition) is 3. The van der Waals surface area contributed by atoms with E-state index in [2.05, 4.69) is 11.0 Å². The second kappa shape index (κ2) is 8.27. The predicted molar refractivity (Wildman–Crippen MR) is 98.5 cm³/mol. The Morgan fingerprint density at radius 3 is 2.32 bits per heavy atom. The van der Waals surface area contributed by atoms with Gasteiger partial charge in [-0.2, -0.15) is 5.26 Å². The minimum Gasteiger partial charge on any atom is -0.337 e. The molecule has 0 unspecified atom stereocenters. The lowest BCUT2D eigenvalue weighted by Gasteiger charge is -2.34. The number of piperazine rings is 1. The number of benzene rings is 2. The maximum atomic E-state index is 12.3. The van der Waals surface area contributed by atoms with Gasteiger partial charge in [0.05, 0.1) is 11.6 Å². The number of carbonyl (C=O) groups excluding carboxylic acids is 1. The van der Waals surface area contributed by atoms with Crippen LogP contribution in [0.5, 0.6) is 0 Å². The number of nitrogens with zero attached hydrogens (tertiary/aromatic N) is 3. The first-order valence-corrected chi connectivity index (χ1v) is 8.48. The summed E-state index contributed by atoms with van der Waals surface area (Å²) >= 11 is 0. The lowest BCUT2D eigenvalue weighted by atomic mass is 10.1. The molecule has 1 saturated heterocycles. The van der Waals surface area contributed by atoms with E-state index in [0.717, 1.165) is 38.3 Å². The Morgan fingerprint density at radius 1 is 1.00 bits per heavy atom. The number of rotatable bonds is 4. The van der Waals surface area contributed by atoms with Gasteiger partial charge in [0, 0.05) is 38.8 Å². The maximum Gasteiger partial charge on any atom is 0.246 e. The van der Waals surface area contributed by atoms with E-state index >= 15 is 0 Å². The van der Waals surface area contributed by atoms with E-state index in [-0.39, 0.29) is 5.91 Å². The van der Waals surface area contributed by atoms with Gasteiger partial charge in [-0.25, -0.2) is 0 Å². The molecule has 1 aliphatic rings. The third-order valence-electron chi connectivity index (χ3n) is 4.39. The van der Waals surface area contributed by atoms with Crippen LogP contribution in [0.1, 0.15) is 16.7 Å². The lowest BCUT2D eigenvalue weighted by molar-refractivity contribution is -0.127. The van der Waals surface area contributed by atoms with Crippen molar-refractivity contribution < 1.29 is 4.79 Å². The molecular formula is C21H21N3O. The fourth-order valence-corrected chi connectivity index (χ4v) is 2.91. The topological polar surface area (TPSA) is 47.3 Å². The largest absolute Gasteiger partial charge is 0.337 e. The Bertz CT molecular complexity index is 767. The van der Waals surface area contributed by atoms with Gasteiger partial charge in [-0.3, -0.25) is 9.69 Å². The summed E-state index contributed by atoms with van der Waals surface area (Å²) in [6.45, 7) is 4.08. The van der Waals surface area contributed by atoms with Gasteiger partial charge < -0.3 is 4.90 Å². The Hall–Kier alpha value is -2.90. The van der Waals surface area contributed by atoms with Gasteiger partial charge in [-0.15, -0.1) is 0 Å². The van der Waals surface area contributed by atoms with Crippen molar-refractivity contribution in [3.8, 4) is 6.07 Å². The zero-order valence-corrected chi connectivity index (χ0v) is 14.1. The molecule has 3 rings (SSSR count). The molecule has 25 heavy (non-hydrogen) atoms. The monoisotopic (exact) mass is 331 g/mol. The fourth-order valence-electron chi connectivity index (χ4n) is 2.91. The van der Waals surface area contributed by atoms with E-state index < -0.39 is 0 Å².